The van der Waals surface area contributed by atoms with Gasteiger partial charge in [-0.25, -0.2) is 4.39 Å². The highest BCUT2D eigenvalue weighted by Crippen LogP contribution is 2.21. The molecule has 2 heteroatoms. The molecule has 66 valence electrons. The van der Waals surface area contributed by atoms with Crippen molar-refractivity contribution in [3.8, 4) is 0 Å². The topological polar surface area (TPSA) is 0 Å². The Morgan fingerprint density at radius 2 is 1.83 bits per heavy atom. The molecule has 0 unspecified atom stereocenters. The lowest BCUT2D eigenvalue weighted by molar-refractivity contribution is 0.606. The lowest BCUT2D eigenvalue weighted by atomic mass is 10.0. The van der Waals surface area contributed by atoms with E-state index in [1.165, 1.54) is 0 Å². The van der Waals surface area contributed by atoms with Gasteiger partial charge in [0.1, 0.15) is 5.82 Å². The Balaban J connectivity index is 3.39. The molecule has 0 N–H and O–H groups in total. The summed E-state index contributed by atoms with van der Waals surface area (Å²) in [5, 5.41) is 0.719. The second-order valence-electron chi connectivity index (χ2n) is 3.05. The lowest BCUT2D eigenvalue weighted by Gasteiger charge is -2.09. The summed E-state index contributed by atoms with van der Waals surface area (Å²) in [6.07, 6.45) is 0. The molecular formula is C10H12BrF. The highest BCUT2D eigenvalue weighted by atomic mass is 79.9. The van der Waals surface area contributed by atoms with Gasteiger partial charge in [0.2, 0.25) is 0 Å². The van der Waals surface area contributed by atoms with Crippen LogP contribution < -0.4 is 0 Å². The molecule has 0 amide bonds. The summed E-state index contributed by atoms with van der Waals surface area (Å²) in [7, 11) is 0. The minimum absolute atomic E-state index is 0.0653. The van der Waals surface area contributed by atoms with Crippen LogP contribution in [-0.4, -0.2) is 0 Å². The van der Waals surface area contributed by atoms with Gasteiger partial charge >= 0.3 is 0 Å². The summed E-state index contributed by atoms with van der Waals surface area (Å²) in [6, 6.07) is 2.03. The van der Waals surface area contributed by atoms with E-state index in [-0.39, 0.29) is 5.82 Å². The van der Waals surface area contributed by atoms with Crippen LogP contribution in [0, 0.1) is 26.6 Å². The molecule has 0 aliphatic carbocycles. The van der Waals surface area contributed by atoms with E-state index in [1.54, 1.807) is 0 Å². The van der Waals surface area contributed by atoms with Gasteiger partial charge in [0, 0.05) is 5.33 Å². The quantitative estimate of drug-likeness (QED) is 0.647. The van der Waals surface area contributed by atoms with Crippen LogP contribution in [0.15, 0.2) is 6.07 Å². The molecular weight excluding hydrogens is 219 g/mol. The smallest absolute Gasteiger partial charge is 0.129 e. The van der Waals surface area contributed by atoms with Gasteiger partial charge in [-0.15, -0.1) is 0 Å². The first kappa shape index (κ1) is 9.72. The van der Waals surface area contributed by atoms with E-state index in [1.807, 2.05) is 26.8 Å². The first-order chi connectivity index (χ1) is 5.57. The molecule has 0 aliphatic heterocycles. The second kappa shape index (κ2) is 3.56. The molecule has 1 aromatic rings. The van der Waals surface area contributed by atoms with Crippen molar-refractivity contribution in [2.24, 2.45) is 0 Å². The van der Waals surface area contributed by atoms with Gasteiger partial charge in [0.05, 0.1) is 0 Å². The van der Waals surface area contributed by atoms with Crippen LogP contribution in [0.3, 0.4) is 0 Å². The maximum absolute atomic E-state index is 13.4. The average molecular weight is 231 g/mol. The van der Waals surface area contributed by atoms with Crippen molar-refractivity contribution >= 4 is 15.9 Å². The Hall–Kier alpha value is -0.370. The molecule has 0 fully saturated rings. The summed E-state index contributed by atoms with van der Waals surface area (Å²) in [5.74, 6) is -0.0653. The van der Waals surface area contributed by atoms with Gasteiger partial charge in [0.15, 0.2) is 0 Å². The summed E-state index contributed by atoms with van der Waals surface area (Å²) in [4.78, 5) is 0. The number of halogens is 2. The fourth-order valence-electron chi connectivity index (χ4n) is 1.21. The summed E-state index contributed by atoms with van der Waals surface area (Å²) >= 11 is 3.33. The molecule has 0 aromatic heterocycles. The first-order valence-corrected chi connectivity index (χ1v) is 5.01. The molecule has 0 saturated heterocycles. The Morgan fingerprint density at radius 1 is 1.25 bits per heavy atom. The molecule has 0 atom stereocenters. The standard InChI is InChI=1S/C10H12BrF/c1-6-4-9(5-11)8(3)10(12)7(6)2/h4H,5H2,1-3H3. The van der Waals surface area contributed by atoms with E-state index in [0.29, 0.717) is 0 Å². The minimum atomic E-state index is -0.0653. The van der Waals surface area contributed by atoms with Gasteiger partial charge in [-0.1, -0.05) is 22.0 Å². The van der Waals surface area contributed by atoms with E-state index in [4.69, 9.17) is 0 Å². The van der Waals surface area contributed by atoms with Crippen LogP contribution in [0.1, 0.15) is 22.3 Å². The lowest BCUT2D eigenvalue weighted by Crippen LogP contribution is -1.96. The molecule has 0 nitrogen and oxygen atoms in total. The van der Waals surface area contributed by atoms with Crippen molar-refractivity contribution in [1.29, 1.82) is 0 Å². The van der Waals surface area contributed by atoms with Crippen LogP contribution in [-0.2, 0) is 5.33 Å². The minimum Gasteiger partial charge on any atom is -0.206 e. The Kier molecular flexibility index (Phi) is 2.89. The van der Waals surface area contributed by atoms with Gasteiger partial charge in [-0.05, 0) is 43.0 Å². The molecule has 12 heavy (non-hydrogen) atoms. The third kappa shape index (κ3) is 1.53. The molecule has 1 rings (SSSR count). The van der Waals surface area contributed by atoms with Crippen molar-refractivity contribution in [2.75, 3.05) is 0 Å². The number of rotatable bonds is 1. The number of aryl methyl sites for hydroxylation is 1. The van der Waals surface area contributed by atoms with E-state index in [2.05, 4.69) is 15.9 Å². The van der Waals surface area contributed by atoms with Gasteiger partial charge in [0.25, 0.3) is 0 Å². The number of benzene rings is 1. The zero-order valence-electron chi connectivity index (χ0n) is 7.54. The third-order valence-electron chi connectivity index (χ3n) is 2.27. The van der Waals surface area contributed by atoms with Crippen LogP contribution in [0.5, 0.6) is 0 Å². The zero-order valence-corrected chi connectivity index (χ0v) is 9.13. The van der Waals surface area contributed by atoms with E-state index < -0.39 is 0 Å². The number of alkyl halides is 1. The van der Waals surface area contributed by atoms with Crippen LogP contribution in [0.4, 0.5) is 4.39 Å². The maximum atomic E-state index is 13.4. The highest BCUT2D eigenvalue weighted by Gasteiger charge is 2.08. The van der Waals surface area contributed by atoms with Crippen molar-refractivity contribution in [3.63, 3.8) is 0 Å². The molecule has 0 saturated carbocycles. The predicted octanol–water partition coefficient (Wildman–Crippen LogP) is 3.65. The maximum Gasteiger partial charge on any atom is 0.129 e. The third-order valence-corrected chi connectivity index (χ3v) is 2.87. The molecule has 0 spiro atoms. The molecule has 0 bridgehead atoms. The number of hydrogen-bond acceptors (Lipinski definition) is 0. The Morgan fingerprint density at radius 3 is 2.33 bits per heavy atom. The monoisotopic (exact) mass is 230 g/mol. The second-order valence-corrected chi connectivity index (χ2v) is 3.61. The first-order valence-electron chi connectivity index (χ1n) is 3.89. The average Bonchev–Trinajstić information content (AvgIpc) is 2.08. The molecule has 0 aliphatic rings. The molecule has 0 heterocycles. The molecule has 0 radical (unpaired) electrons. The van der Waals surface area contributed by atoms with Crippen molar-refractivity contribution < 1.29 is 4.39 Å². The van der Waals surface area contributed by atoms with Crippen LogP contribution in [0.2, 0.25) is 0 Å². The van der Waals surface area contributed by atoms with E-state index in [9.17, 15) is 4.39 Å². The summed E-state index contributed by atoms with van der Waals surface area (Å²) in [6.45, 7) is 5.57. The summed E-state index contributed by atoms with van der Waals surface area (Å²) < 4.78 is 13.4. The van der Waals surface area contributed by atoms with Gasteiger partial charge < -0.3 is 0 Å². The highest BCUT2D eigenvalue weighted by molar-refractivity contribution is 9.08. The van der Waals surface area contributed by atoms with Crippen LogP contribution in [0.25, 0.3) is 0 Å². The fourth-order valence-corrected chi connectivity index (χ4v) is 1.79. The largest absolute Gasteiger partial charge is 0.206 e. The SMILES string of the molecule is Cc1cc(CBr)c(C)c(F)c1C. The summed E-state index contributed by atoms with van der Waals surface area (Å²) in [5.41, 5.74) is 3.58. The van der Waals surface area contributed by atoms with Crippen molar-refractivity contribution in [2.45, 2.75) is 26.1 Å². The fraction of sp³-hybridized carbons (Fsp3) is 0.400. The van der Waals surface area contributed by atoms with Crippen LogP contribution >= 0.6 is 15.9 Å². The normalized spacial score (nSPS) is 10.4. The van der Waals surface area contributed by atoms with Crippen molar-refractivity contribution in [1.82, 2.24) is 0 Å². The van der Waals surface area contributed by atoms with E-state index in [0.717, 1.165) is 27.6 Å². The predicted molar refractivity (Wildman–Crippen MR) is 53.2 cm³/mol. The van der Waals surface area contributed by atoms with Gasteiger partial charge in [-0.3, -0.25) is 0 Å². The van der Waals surface area contributed by atoms with E-state index >= 15 is 0 Å². The Labute approximate surface area is 80.9 Å². The number of hydrogen-bond donors (Lipinski definition) is 0. The molecule has 1 aromatic carbocycles. The van der Waals surface area contributed by atoms with Crippen molar-refractivity contribution in [3.05, 3.63) is 34.1 Å². The zero-order chi connectivity index (χ0) is 9.30. The Bertz CT molecular complexity index is 305. The van der Waals surface area contributed by atoms with Gasteiger partial charge in [-0.2, -0.15) is 0 Å².